The van der Waals surface area contributed by atoms with Crippen LogP contribution in [0.4, 0.5) is 0 Å². The molecule has 1 rings (SSSR count). The van der Waals surface area contributed by atoms with Gasteiger partial charge in [-0.3, -0.25) is 0 Å². The zero-order valence-corrected chi connectivity index (χ0v) is 8.99. The van der Waals surface area contributed by atoms with Gasteiger partial charge in [0, 0.05) is 0 Å². The van der Waals surface area contributed by atoms with E-state index in [1.165, 1.54) is 0 Å². The fourth-order valence-electron chi connectivity index (χ4n) is 0.824. The maximum atomic E-state index is 10.3. The third-order valence-corrected chi connectivity index (χ3v) is 8.27. The molecule has 1 aliphatic rings. The molecule has 0 saturated heterocycles. The van der Waals surface area contributed by atoms with Gasteiger partial charge >= 0.3 is 67.8 Å². The van der Waals surface area contributed by atoms with E-state index in [9.17, 15) is 9.81 Å². The van der Waals surface area contributed by atoms with Gasteiger partial charge in [-0.05, 0) is 0 Å². The average molecular weight is 324 g/mol. The number of hydrogen-bond acceptors (Lipinski definition) is 4. The van der Waals surface area contributed by atoms with Crippen LogP contribution >= 0.6 is 0 Å². The van der Waals surface area contributed by atoms with Crippen molar-refractivity contribution in [2.45, 2.75) is 11.7 Å². The van der Waals surface area contributed by atoms with E-state index in [4.69, 9.17) is 0 Å². The zero-order valence-electron chi connectivity index (χ0n) is 6.06. The summed E-state index contributed by atoms with van der Waals surface area (Å²) >= 11 is -3.54. The Hall–Kier alpha value is -0.632. The van der Waals surface area contributed by atoms with E-state index < -0.39 is 16.6 Å². The molecular formula is C6H8N2O2W. The molecule has 0 N–H and O–H groups in total. The van der Waals surface area contributed by atoms with Crippen molar-refractivity contribution in [3.63, 3.8) is 0 Å². The van der Waals surface area contributed by atoms with Crippen LogP contribution in [0.2, 0.25) is 5.31 Å². The summed E-state index contributed by atoms with van der Waals surface area (Å²) in [6.45, 7) is 0. The molecule has 4 nitrogen and oxygen atoms in total. The molecule has 0 spiro atoms. The molecule has 1 aliphatic carbocycles. The Bertz CT molecular complexity index is 239. The van der Waals surface area contributed by atoms with E-state index in [0.717, 1.165) is 3.96 Å². The molecule has 5 heteroatoms. The van der Waals surface area contributed by atoms with Crippen LogP contribution in [0.5, 0.6) is 0 Å². The van der Waals surface area contributed by atoms with Crippen molar-refractivity contribution < 1.29 is 16.6 Å². The normalized spacial score (nSPS) is 17.7. The van der Waals surface area contributed by atoms with Gasteiger partial charge in [0.2, 0.25) is 0 Å². The Labute approximate surface area is 68.1 Å². The predicted molar refractivity (Wildman–Crippen MR) is 39.3 cm³/mol. The molecule has 0 atom stereocenters. The molecule has 0 aromatic carbocycles. The van der Waals surface area contributed by atoms with Crippen LogP contribution in [0.15, 0.2) is 29.7 Å². The summed E-state index contributed by atoms with van der Waals surface area (Å²) in [4.78, 5) is 20.7. The minimum atomic E-state index is -3.54. The molecule has 0 aromatic heterocycles. The topological polar surface area (TPSA) is 58.9 Å². The summed E-state index contributed by atoms with van der Waals surface area (Å²) in [5, 5.41) is 1.62. The Kier molecular flexibility index (Phi) is 2.45. The van der Waals surface area contributed by atoms with Crippen molar-refractivity contribution in [3.05, 3.63) is 32.0 Å². The molecule has 0 aliphatic heterocycles. The summed E-state index contributed by atoms with van der Waals surface area (Å²) in [6, 6.07) is 0. The second kappa shape index (κ2) is 3.18. The van der Waals surface area contributed by atoms with Crippen LogP contribution in [0, 0.1) is 9.81 Å². The number of rotatable bonds is 3. The van der Waals surface area contributed by atoms with Crippen molar-refractivity contribution in [2.75, 3.05) is 0 Å². The standard InChI is InChI=1S/C5H5.CH3.2NO.W/c1-2-4-5-3-1;;2*1-2;/h1-3H,4H2;1H3;;;/q;;2*-1;+2. The van der Waals surface area contributed by atoms with Crippen molar-refractivity contribution in [1.29, 1.82) is 0 Å². The molecule has 0 saturated carbocycles. The van der Waals surface area contributed by atoms with Gasteiger partial charge < -0.3 is 0 Å². The van der Waals surface area contributed by atoms with Crippen molar-refractivity contribution in [2.24, 2.45) is 7.47 Å². The summed E-state index contributed by atoms with van der Waals surface area (Å²) in [5.74, 6) is 0. The van der Waals surface area contributed by atoms with Gasteiger partial charge in [-0.1, -0.05) is 0 Å². The molecule has 0 bridgehead atoms. The summed E-state index contributed by atoms with van der Waals surface area (Å²) in [6.07, 6.45) is 6.21. The van der Waals surface area contributed by atoms with Gasteiger partial charge in [0.1, 0.15) is 0 Å². The van der Waals surface area contributed by atoms with Crippen LogP contribution in [-0.4, -0.2) is 0 Å². The Balaban J connectivity index is 2.86. The van der Waals surface area contributed by atoms with Gasteiger partial charge in [0.15, 0.2) is 0 Å². The fraction of sp³-hybridized carbons (Fsp3) is 0.333. The quantitative estimate of drug-likeness (QED) is 0.749. The molecule has 0 unspecified atom stereocenters. The predicted octanol–water partition coefficient (Wildman–Crippen LogP) is 2.40. The first-order valence-corrected chi connectivity index (χ1v) is 10.1. The van der Waals surface area contributed by atoms with Crippen LogP contribution in [0.25, 0.3) is 0 Å². The first-order valence-electron chi connectivity index (χ1n) is 3.06. The summed E-state index contributed by atoms with van der Waals surface area (Å²) < 4.78 is 6.65. The second-order valence-electron chi connectivity index (χ2n) is 2.25. The Morgan fingerprint density at radius 3 is 2.45 bits per heavy atom. The van der Waals surface area contributed by atoms with Gasteiger partial charge in [-0.15, -0.1) is 0 Å². The van der Waals surface area contributed by atoms with Gasteiger partial charge in [-0.25, -0.2) is 0 Å². The van der Waals surface area contributed by atoms with Crippen molar-refractivity contribution >= 4 is 0 Å². The van der Waals surface area contributed by atoms with Gasteiger partial charge in [0.25, 0.3) is 0 Å². The molecule has 0 amide bonds. The molecule has 11 heavy (non-hydrogen) atoms. The molecule has 60 valence electrons. The third-order valence-electron chi connectivity index (χ3n) is 1.52. The van der Waals surface area contributed by atoms with Crippen molar-refractivity contribution in [1.82, 2.24) is 0 Å². The molecule has 0 heterocycles. The van der Waals surface area contributed by atoms with Crippen LogP contribution < -0.4 is 0 Å². The number of nitrogens with zero attached hydrogens (tertiary/aromatic N) is 2. The van der Waals surface area contributed by atoms with E-state index in [1.807, 2.05) is 12.2 Å². The van der Waals surface area contributed by atoms with Crippen LogP contribution in [0.3, 0.4) is 0 Å². The zero-order chi connectivity index (χ0) is 8.32. The van der Waals surface area contributed by atoms with Gasteiger partial charge in [-0.2, -0.15) is 0 Å². The minimum absolute atomic E-state index is 0.684. The SMILES string of the molecule is [CH3][W]([N]=O)([N]=O)[C]1=CC=CC1. The molecule has 0 aromatic rings. The Morgan fingerprint density at radius 1 is 1.45 bits per heavy atom. The Morgan fingerprint density at radius 2 is 2.09 bits per heavy atom. The average Bonchev–Trinajstić information content (AvgIpc) is 2.55. The second-order valence-corrected chi connectivity index (χ2v) is 11.2. The van der Waals surface area contributed by atoms with E-state index in [0.29, 0.717) is 6.42 Å². The van der Waals surface area contributed by atoms with Gasteiger partial charge in [0.05, 0.1) is 0 Å². The van der Waals surface area contributed by atoms with E-state index in [2.05, 4.69) is 7.47 Å². The van der Waals surface area contributed by atoms with E-state index in [1.54, 1.807) is 11.4 Å². The van der Waals surface area contributed by atoms with Crippen molar-refractivity contribution in [3.8, 4) is 0 Å². The summed E-state index contributed by atoms with van der Waals surface area (Å²) in [5.41, 5.74) is 0. The molecular weight excluding hydrogens is 316 g/mol. The van der Waals surface area contributed by atoms with Crippen LogP contribution in [-0.2, 0) is 16.6 Å². The number of nitroso groups, excluding NO2 is 2. The van der Waals surface area contributed by atoms with E-state index in [-0.39, 0.29) is 0 Å². The number of allylic oxidation sites excluding steroid dienone is 4. The first kappa shape index (κ1) is 8.46. The molecule has 0 radical (unpaired) electrons. The summed E-state index contributed by atoms with van der Waals surface area (Å²) in [7, 11) is 0. The fourth-order valence-corrected chi connectivity index (χ4v) is 4.30. The van der Waals surface area contributed by atoms with E-state index >= 15 is 0 Å². The molecule has 0 fully saturated rings. The first-order chi connectivity index (χ1) is 5.23. The number of hydrogen-bond donors (Lipinski definition) is 0. The van der Waals surface area contributed by atoms with Crippen LogP contribution in [0.1, 0.15) is 6.42 Å². The third kappa shape index (κ3) is 1.51. The maximum absolute atomic E-state index is 10.3. The monoisotopic (exact) mass is 324 g/mol.